The average molecular weight is 372 g/mol. The van der Waals surface area contributed by atoms with E-state index in [0.29, 0.717) is 11.0 Å². The molecule has 0 aliphatic rings. The van der Waals surface area contributed by atoms with Crippen LogP contribution in [0.25, 0.3) is 0 Å². The largest absolute Gasteiger partial charge is 0.389 e. The number of thiocarbonyl (C=S) groups is 1. The Morgan fingerprint density at radius 3 is 2.62 bits per heavy atom. The Bertz CT molecular complexity index is 461. The van der Waals surface area contributed by atoms with Crippen LogP contribution >= 0.6 is 28.1 Å². The fraction of sp³-hybridized carbons (Fsp3) is 0.562. The van der Waals surface area contributed by atoms with Crippen molar-refractivity contribution in [3.8, 4) is 0 Å². The summed E-state index contributed by atoms with van der Waals surface area (Å²) in [6.07, 6.45) is 2.31. The van der Waals surface area contributed by atoms with Gasteiger partial charge >= 0.3 is 0 Å². The van der Waals surface area contributed by atoms with Crippen LogP contribution in [0.5, 0.6) is 0 Å². The molecule has 0 aliphatic carbocycles. The van der Waals surface area contributed by atoms with Gasteiger partial charge in [-0.25, -0.2) is 0 Å². The fourth-order valence-electron chi connectivity index (χ4n) is 2.35. The maximum Gasteiger partial charge on any atom is 0.106 e. The molecule has 0 amide bonds. The highest BCUT2D eigenvalue weighted by atomic mass is 79.9. The van der Waals surface area contributed by atoms with E-state index < -0.39 is 0 Å². The number of anilines is 1. The van der Waals surface area contributed by atoms with Crippen LogP contribution in [0.1, 0.15) is 39.2 Å². The van der Waals surface area contributed by atoms with Gasteiger partial charge in [-0.3, -0.25) is 0 Å². The van der Waals surface area contributed by atoms with Crippen LogP contribution in [0.15, 0.2) is 22.7 Å². The Labute approximate surface area is 142 Å². The van der Waals surface area contributed by atoms with E-state index in [2.05, 4.69) is 46.9 Å². The van der Waals surface area contributed by atoms with Crippen molar-refractivity contribution >= 4 is 38.8 Å². The number of halogens is 1. The van der Waals surface area contributed by atoms with Gasteiger partial charge in [0.2, 0.25) is 0 Å². The van der Waals surface area contributed by atoms with Crippen LogP contribution in [0.2, 0.25) is 0 Å². The third-order valence-corrected chi connectivity index (χ3v) is 4.37. The molecule has 1 aromatic rings. The summed E-state index contributed by atoms with van der Waals surface area (Å²) in [5.41, 5.74) is 7.70. The molecule has 118 valence electrons. The zero-order valence-corrected chi connectivity index (χ0v) is 15.6. The van der Waals surface area contributed by atoms with Gasteiger partial charge in [-0.1, -0.05) is 42.0 Å². The van der Waals surface area contributed by atoms with Gasteiger partial charge in [-0.2, -0.15) is 0 Å². The molecule has 1 aromatic carbocycles. The molecule has 3 nitrogen and oxygen atoms in total. The van der Waals surface area contributed by atoms with E-state index in [0.717, 1.165) is 41.8 Å². The van der Waals surface area contributed by atoms with E-state index >= 15 is 0 Å². The minimum Gasteiger partial charge on any atom is -0.389 e. The molecule has 0 fully saturated rings. The van der Waals surface area contributed by atoms with Crippen LogP contribution in [-0.2, 0) is 0 Å². The van der Waals surface area contributed by atoms with E-state index in [1.165, 1.54) is 6.42 Å². The van der Waals surface area contributed by atoms with Crippen LogP contribution in [0.3, 0.4) is 0 Å². The highest BCUT2D eigenvalue weighted by molar-refractivity contribution is 9.10. The van der Waals surface area contributed by atoms with Crippen molar-refractivity contribution in [1.82, 2.24) is 4.90 Å². The number of nitrogens with zero attached hydrogens (tertiary/aromatic N) is 1. The summed E-state index contributed by atoms with van der Waals surface area (Å²) in [5, 5.41) is 3.53. The van der Waals surface area contributed by atoms with E-state index in [-0.39, 0.29) is 0 Å². The molecule has 1 atom stereocenters. The Morgan fingerprint density at radius 2 is 2.05 bits per heavy atom. The van der Waals surface area contributed by atoms with Crippen molar-refractivity contribution in [3.05, 3.63) is 28.2 Å². The molecule has 0 bridgehead atoms. The first-order valence-electron chi connectivity index (χ1n) is 7.56. The Balaban J connectivity index is 2.56. The summed E-state index contributed by atoms with van der Waals surface area (Å²) in [7, 11) is 0. The van der Waals surface area contributed by atoms with Gasteiger partial charge in [0.15, 0.2) is 0 Å². The summed E-state index contributed by atoms with van der Waals surface area (Å²) >= 11 is 8.61. The third-order valence-electron chi connectivity index (χ3n) is 3.65. The topological polar surface area (TPSA) is 41.3 Å². The summed E-state index contributed by atoms with van der Waals surface area (Å²) in [4.78, 5) is 2.88. The van der Waals surface area contributed by atoms with Crippen molar-refractivity contribution < 1.29 is 0 Å². The van der Waals surface area contributed by atoms with Crippen molar-refractivity contribution in [2.45, 2.75) is 39.7 Å². The molecule has 0 heterocycles. The summed E-state index contributed by atoms with van der Waals surface area (Å²) < 4.78 is 1.03. The molecule has 0 saturated heterocycles. The highest BCUT2D eigenvalue weighted by Gasteiger charge is 2.09. The fourth-order valence-corrected chi connectivity index (χ4v) is 2.89. The number of hydrogen-bond acceptors (Lipinski definition) is 3. The SMILES string of the molecule is CCN(CC)CCCC(C)Nc1cc(Br)ccc1C(N)=S. The minimum absolute atomic E-state index is 0.392. The standard InChI is InChI=1S/C16H26BrN3S/c1-4-20(5-2)10-6-7-12(3)19-15-11-13(17)8-9-14(15)16(18)21/h8-9,11-12,19H,4-7,10H2,1-3H3,(H2,18,21). The number of nitrogens with one attached hydrogen (secondary N) is 1. The van der Waals surface area contributed by atoms with Crippen molar-refractivity contribution in [2.24, 2.45) is 5.73 Å². The predicted molar refractivity (Wildman–Crippen MR) is 100 cm³/mol. The minimum atomic E-state index is 0.392. The zero-order valence-electron chi connectivity index (χ0n) is 13.2. The highest BCUT2D eigenvalue weighted by Crippen LogP contribution is 2.23. The van der Waals surface area contributed by atoms with Gasteiger partial charge in [0, 0.05) is 21.8 Å². The first-order chi connectivity index (χ1) is 9.97. The van der Waals surface area contributed by atoms with Crippen molar-refractivity contribution in [2.75, 3.05) is 25.0 Å². The van der Waals surface area contributed by atoms with Gasteiger partial charge in [-0.15, -0.1) is 0 Å². The summed E-state index contributed by atoms with van der Waals surface area (Å²) in [6.45, 7) is 10.0. The van der Waals surface area contributed by atoms with Gasteiger partial charge in [0.05, 0.1) is 0 Å². The predicted octanol–water partition coefficient (Wildman–Crippen LogP) is 4.01. The molecule has 5 heteroatoms. The molecular formula is C16H26BrN3S. The van der Waals surface area contributed by atoms with Gasteiger partial charge in [0.25, 0.3) is 0 Å². The Hall–Kier alpha value is -0.650. The van der Waals surface area contributed by atoms with E-state index in [1.54, 1.807) is 0 Å². The van der Waals surface area contributed by atoms with Crippen molar-refractivity contribution in [3.63, 3.8) is 0 Å². The number of nitrogens with two attached hydrogens (primary N) is 1. The van der Waals surface area contributed by atoms with Gasteiger partial charge in [0.1, 0.15) is 4.99 Å². The zero-order chi connectivity index (χ0) is 15.8. The lowest BCUT2D eigenvalue weighted by molar-refractivity contribution is 0.295. The van der Waals surface area contributed by atoms with Gasteiger partial charge in [-0.05, 0) is 57.6 Å². The van der Waals surface area contributed by atoms with E-state index in [4.69, 9.17) is 18.0 Å². The van der Waals surface area contributed by atoms with Crippen LogP contribution < -0.4 is 11.1 Å². The molecule has 0 aliphatic heterocycles. The van der Waals surface area contributed by atoms with Crippen LogP contribution in [-0.4, -0.2) is 35.6 Å². The molecular weight excluding hydrogens is 346 g/mol. The van der Waals surface area contributed by atoms with Crippen LogP contribution in [0, 0.1) is 0 Å². The Kier molecular flexibility index (Phi) is 8.22. The molecule has 21 heavy (non-hydrogen) atoms. The van der Waals surface area contributed by atoms with E-state index in [9.17, 15) is 0 Å². The molecule has 0 aromatic heterocycles. The second-order valence-corrected chi connectivity index (χ2v) is 6.62. The second-order valence-electron chi connectivity index (χ2n) is 5.27. The lowest BCUT2D eigenvalue weighted by atomic mass is 10.1. The second kappa shape index (κ2) is 9.38. The monoisotopic (exact) mass is 371 g/mol. The van der Waals surface area contributed by atoms with Crippen LogP contribution in [0.4, 0.5) is 5.69 Å². The van der Waals surface area contributed by atoms with E-state index in [1.807, 2.05) is 18.2 Å². The molecule has 1 unspecified atom stereocenters. The van der Waals surface area contributed by atoms with Crippen molar-refractivity contribution in [1.29, 1.82) is 0 Å². The molecule has 0 radical (unpaired) electrons. The number of rotatable bonds is 9. The average Bonchev–Trinajstić information content (AvgIpc) is 2.43. The normalized spacial score (nSPS) is 12.4. The smallest absolute Gasteiger partial charge is 0.106 e. The molecule has 1 rings (SSSR count). The molecule has 3 N–H and O–H groups in total. The first kappa shape index (κ1) is 18.4. The Morgan fingerprint density at radius 1 is 1.38 bits per heavy atom. The summed E-state index contributed by atoms with van der Waals surface area (Å²) in [6, 6.07) is 6.35. The lowest BCUT2D eigenvalue weighted by Crippen LogP contribution is -2.26. The first-order valence-corrected chi connectivity index (χ1v) is 8.76. The maximum absolute atomic E-state index is 5.79. The quantitative estimate of drug-likeness (QED) is 0.643. The number of benzene rings is 1. The molecule has 0 saturated carbocycles. The van der Waals surface area contributed by atoms with Gasteiger partial charge < -0.3 is 16.0 Å². The third kappa shape index (κ3) is 6.32. The summed E-state index contributed by atoms with van der Waals surface area (Å²) in [5.74, 6) is 0. The number of hydrogen-bond donors (Lipinski definition) is 2. The lowest BCUT2D eigenvalue weighted by Gasteiger charge is -2.21. The molecule has 0 spiro atoms. The maximum atomic E-state index is 5.79.